The highest BCUT2D eigenvalue weighted by Crippen LogP contribution is 2.37. The maximum absolute atomic E-state index is 12.0. The molecule has 0 bridgehead atoms. The third kappa shape index (κ3) is 5.32. The zero-order chi connectivity index (χ0) is 20.8. The molecule has 1 aliphatic rings. The number of benzene rings is 1. The number of methoxy groups -OCH3 is 1. The van der Waals surface area contributed by atoms with Gasteiger partial charge in [0, 0.05) is 44.0 Å². The van der Waals surface area contributed by atoms with Gasteiger partial charge >= 0.3 is 11.9 Å². The number of anilines is 1. The maximum Gasteiger partial charge on any atom is 0.336 e. The van der Waals surface area contributed by atoms with Gasteiger partial charge in [-0.1, -0.05) is 12.1 Å². The quantitative estimate of drug-likeness (QED) is 0.657. The molecule has 0 saturated heterocycles. The second-order valence-electron chi connectivity index (χ2n) is 6.71. The second kappa shape index (κ2) is 9.20. The van der Waals surface area contributed by atoms with Crippen molar-refractivity contribution in [2.75, 3.05) is 39.2 Å². The number of aromatic nitrogens is 1. The van der Waals surface area contributed by atoms with Gasteiger partial charge in [0.1, 0.15) is 5.75 Å². The van der Waals surface area contributed by atoms with Gasteiger partial charge in [-0.3, -0.25) is 0 Å². The van der Waals surface area contributed by atoms with Crippen LogP contribution in [0, 0.1) is 0 Å². The number of likely N-dealkylation sites (N-methyl/N-ethyl adjacent to an activating group) is 1. The molecular weight excluding hydrogens is 374 g/mol. The van der Waals surface area contributed by atoms with Crippen LogP contribution in [0.2, 0.25) is 0 Å². The van der Waals surface area contributed by atoms with E-state index >= 15 is 0 Å². The van der Waals surface area contributed by atoms with Gasteiger partial charge < -0.3 is 24.0 Å². The topological polar surface area (TPSA) is 81.2 Å². The number of esters is 2. The number of hydrogen-bond donors (Lipinski definition) is 0. The zero-order valence-electron chi connectivity index (χ0n) is 16.6. The summed E-state index contributed by atoms with van der Waals surface area (Å²) in [7, 11) is 5.57. The Labute approximate surface area is 169 Å². The highest BCUT2D eigenvalue weighted by Gasteiger charge is 2.24. The molecule has 1 aliphatic heterocycles. The lowest BCUT2D eigenvalue weighted by Gasteiger charge is -2.27. The SMILES string of the molecule is COc1ccc(CN(CCN(C)C)c2nccc3c2OC(=O)/C=C\C(=O)O3)cc1. The molecule has 2 aromatic rings. The molecule has 0 saturated carbocycles. The van der Waals surface area contributed by atoms with E-state index in [1.165, 1.54) is 12.3 Å². The molecule has 152 valence electrons. The molecule has 0 radical (unpaired) electrons. The molecule has 0 fully saturated rings. The largest absolute Gasteiger partial charge is 0.497 e. The molecule has 0 unspecified atom stereocenters. The van der Waals surface area contributed by atoms with Crippen LogP contribution in [0.5, 0.6) is 17.2 Å². The van der Waals surface area contributed by atoms with E-state index in [4.69, 9.17) is 14.2 Å². The summed E-state index contributed by atoms with van der Waals surface area (Å²) < 4.78 is 15.9. The first kappa shape index (κ1) is 20.3. The molecule has 0 aliphatic carbocycles. The molecule has 8 nitrogen and oxygen atoms in total. The number of carbonyl (C=O) groups excluding carboxylic acids is 2. The summed E-state index contributed by atoms with van der Waals surface area (Å²) in [6.07, 6.45) is 3.60. The summed E-state index contributed by atoms with van der Waals surface area (Å²) in [5.74, 6) is 0.176. The summed E-state index contributed by atoms with van der Waals surface area (Å²) in [5, 5.41) is 0. The number of ether oxygens (including phenoxy) is 3. The predicted octanol–water partition coefficient (Wildman–Crippen LogP) is 2.04. The Morgan fingerprint density at radius 2 is 1.66 bits per heavy atom. The molecule has 0 spiro atoms. The van der Waals surface area contributed by atoms with Crippen molar-refractivity contribution in [3.8, 4) is 17.2 Å². The van der Waals surface area contributed by atoms with Gasteiger partial charge in [0.05, 0.1) is 7.11 Å². The number of fused-ring (bicyclic) bond motifs is 1. The predicted molar refractivity (Wildman–Crippen MR) is 107 cm³/mol. The Kier molecular flexibility index (Phi) is 6.46. The van der Waals surface area contributed by atoms with Crippen LogP contribution >= 0.6 is 0 Å². The van der Waals surface area contributed by atoms with Crippen molar-refractivity contribution in [2.45, 2.75) is 6.54 Å². The summed E-state index contributed by atoms with van der Waals surface area (Å²) in [6.45, 7) is 1.88. The highest BCUT2D eigenvalue weighted by atomic mass is 16.6. The molecule has 0 amide bonds. The van der Waals surface area contributed by atoms with Crippen LogP contribution in [0.1, 0.15) is 5.56 Å². The van der Waals surface area contributed by atoms with Crippen molar-refractivity contribution in [1.29, 1.82) is 0 Å². The number of carbonyl (C=O) groups is 2. The first-order valence-electron chi connectivity index (χ1n) is 9.09. The Morgan fingerprint density at radius 1 is 0.966 bits per heavy atom. The molecule has 29 heavy (non-hydrogen) atoms. The molecule has 3 rings (SSSR count). The fourth-order valence-electron chi connectivity index (χ4n) is 2.77. The van der Waals surface area contributed by atoms with Crippen LogP contribution in [-0.4, -0.2) is 56.1 Å². The normalized spacial score (nSPS) is 14.3. The maximum atomic E-state index is 12.0. The monoisotopic (exact) mass is 397 g/mol. The van der Waals surface area contributed by atoms with E-state index in [1.54, 1.807) is 7.11 Å². The molecule has 2 heterocycles. The molecular formula is C21H23N3O5. The van der Waals surface area contributed by atoms with Crippen LogP contribution in [0.25, 0.3) is 0 Å². The van der Waals surface area contributed by atoms with Crippen LogP contribution in [0.15, 0.2) is 48.7 Å². The zero-order valence-corrected chi connectivity index (χ0v) is 16.6. The Balaban J connectivity index is 1.96. The summed E-state index contributed by atoms with van der Waals surface area (Å²) in [4.78, 5) is 32.3. The van der Waals surface area contributed by atoms with Gasteiger partial charge in [-0.15, -0.1) is 0 Å². The van der Waals surface area contributed by atoms with Gasteiger partial charge in [0.15, 0.2) is 11.6 Å². The fourth-order valence-corrected chi connectivity index (χ4v) is 2.77. The second-order valence-corrected chi connectivity index (χ2v) is 6.71. The van der Waals surface area contributed by atoms with Gasteiger partial charge in [-0.05, 0) is 31.8 Å². The average Bonchev–Trinajstić information content (AvgIpc) is 2.70. The highest BCUT2D eigenvalue weighted by molar-refractivity contribution is 5.95. The third-order valence-electron chi connectivity index (χ3n) is 4.27. The van der Waals surface area contributed by atoms with Crippen molar-refractivity contribution in [1.82, 2.24) is 9.88 Å². The van der Waals surface area contributed by atoms with E-state index in [9.17, 15) is 9.59 Å². The fraction of sp³-hybridized carbons (Fsp3) is 0.286. The van der Waals surface area contributed by atoms with Crippen molar-refractivity contribution < 1.29 is 23.8 Å². The van der Waals surface area contributed by atoms with Crippen LogP contribution in [-0.2, 0) is 16.1 Å². The van der Waals surface area contributed by atoms with Crippen molar-refractivity contribution >= 4 is 17.8 Å². The standard InChI is InChI=1S/C21H23N3O5/c1-23(2)12-13-24(14-15-4-6-16(27-3)7-5-15)21-20-17(10-11-22-21)28-18(25)8-9-19(26)29-20/h4-11H,12-14H2,1-3H3/b9-8-. The Bertz CT molecular complexity index is 909. The number of hydrogen-bond acceptors (Lipinski definition) is 8. The van der Waals surface area contributed by atoms with E-state index in [-0.39, 0.29) is 11.5 Å². The van der Waals surface area contributed by atoms with Crippen LogP contribution < -0.4 is 19.1 Å². The lowest BCUT2D eigenvalue weighted by atomic mass is 10.2. The minimum absolute atomic E-state index is 0.127. The molecule has 0 N–H and O–H groups in total. The lowest BCUT2D eigenvalue weighted by Crippen LogP contribution is -2.32. The van der Waals surface area contributed by atoms with Crippen LogP contribution in [0.4, 0.5) is 5.82 Å². The molecule has 1 aromatic heterocycles. The first-order valence-corrected chi connectivity index (χ1v) is 9.09. The van der Waals surface area contributed by atoms with Crippen molar-refractivity contribution in [3.63, 3.8) is 0 Å². The van der Waals surface area contributed by atoms with E-state index in [2.05, 4.69) is 4.98 Å². The van der Waals surface area contributed by atoms with Gasteiger partial charge in [-0.2, -0.15) is 0 Å². The van der Waals surface area contributed by atoms with Crippen molar-refractivity contribution in [3.05, 3.63) is 54.2 Å². The Hall–Kier alpha value is -3.39. The van der Waals surface area contributed by atoms with E-state index in [1.807, 2.05) is 48.2 Å². The van der Waals surface area contributed by atoms with Gasteiger partial charge in [0.25, 0.3) is 0 Å². The van der Waals surface area contributed by atoms with Crippen LogP contribution in [0.3, 0.4) is 0 Å². The first-order chi connectivity index (χ1) is 14.0. The minimum Gasteiger partial charge on any atom is -0.497 e. The van der Waals surface area contributed by atoms with Gasteiger partial charge in [-0.25, -0.2) is 14.6 Å². The number of nitrogens with zero attached hydrogens (tertiary/aromatic N) is 3. The summed E-state index contributed by atoms with van der Waals surface area (Å²) >= 11 is 0. The van der Waals surface area contributed by atoms with Gasteiger partial charge in [0.2, 0.25) is 5.75 Å². The average molecular weight is 397 g/mol. The lowest BCUT2D eigenvalue weighted by molar-refractivity contribution is -0.133. The minimum atomic E-state index is -0.658. The van der Waals surface area contributed by atoms with E-state index in [0.29, 0.717) is 18.9 Å². The summed E-state index contributed by atoms with van der Waals surface area (Å²) in [6, 6.07) is 9.19. The number of rotatable bonds is 7. The molecule has 8 heteroatoms. The third-order valence-corrected chi connectivity index (χ3v) is 4.27. The Morgan fingerprint density at radius 3 is 2.31 bits per heavy atom. The van der Waals surface area contributed by atoms with E-state index in [0.717, 1.165) is 30.0 Å². The smallest absolute Gasteiger partial charge is 0.336 e. The van der Waals surface area contributed by atoms with E-state index < -0.39 is 11.9 Å². The van der Waals surface area contributed by atoms with Crippen molar-refractivity contribution in [2.24, 2.45) is 0 Å². The molecule has 1 aromatic carbocycles. The number of pyridine rings is 1. The summed E-state index contributed by atoms with van der Waals surface area (Å²) in [5.41, 5.74) is 1.03. The molecule has 0 atom stereocenters.